The first kappa shape index (κ1) is 12.0. The van der Waals surface area contributed by atoms with E-state index in [2.05, 4.69) is 15.1 Å². The van der Waals surface area contributed by atoms with Crippen molar-refractivity contribution in [1.29, 1.82) is 0 Å². The van der Waals surface area contributed by atoms with E-state index in [1.165, 1.54) is 0 Å². The second-order valence-electron chi connectivity index (χ2n) is 4.46. The number of rotatable bonds is 2. The zero-order chi connectivity index (χ0) is 13.2. The van der Waals surface area contributed by atoms with Crippen LogP contribution in [-0.4, -0.2) is 34.1 Å². The third kappa shape index (κ3) is 2.39. The Morgan fingerprint density at radius 2 is 2.21 bits per heavy atom. The van der Waals surface area contributed by atoms with Crippen LogP contribution in [0.25, 0.3) is 11.5 Å². The molecule has 0 bridgehead atoms. The first-order chi connectivity index (χ1) is 9.24. The van der Waals surface area contributed by atoms with Gasteiger partial charge >= 0.3 is 0 Å². The van der Waals surface area contributed by atoms with Crippen molar-refractivity contribution >= 4 is 5.78 Å². The standard InChI is InChI=1S/C13H13N3O3/c1-8-3-2-4-10(14-8)12-15-13(19-16-12)9-7-18-6-5-11(9)17/h2-4,9H,5-7H2,1H3. The molecule has 1 fully saturated rings. The molecular weight excluding hydrogens is 246 g/mol. The van der Waals surface area contributed by atoms with Crippen LogP contribution in [-0.2, 0) is 9.53 Å². The number of pyridine rings is 1. The SMILES string of the molecule is Cc1cccc(-c2noc(C3COCCC3=O)n2)n1. The predicted octanol–water partition coefficient (Wildman–Crippen LogP) is 1.51. The number of hydrogen-bond donors (Lipinski definition) is 0. The summed E-state index contributed by atoms with van der Waals surface area (Å²) < 4.78 is 10.4. The second kappa shape index (κ2) is 4.89. The number of Topliss-reactive ketones (excluding diaryl/α,β-unsaturated/α-hetero) is 1. The van der Waals surface area contributed by atoms with Gasteiger partial charge in [-0.3, -0.25) is 4.79 Å². The molecule has 98 valence electrons. The van der Waals surface area contributed by atoms with Crippen LogP contribution in [0.3, 0.4) is 0 Å². The van der Waals surface area contributed by atoms with Crippen molar-refractivity contribution in [2.24, 2.45) is 0 Å². The van der Waals surface area contributed by atoms with E-state index in [0.29, 0.717) is 37.0 Å². The Kier molecular flexibility index (Phi) is 3.08. The van der Waals surface area contributed by atoms with Crippen molar-refractivity contribution in [3.8, 4) is 11.5 Å². The molecule has 1 aliphatic heterocycles. The van der Waals surface area contributed by atoms with Gasteiger partial charge in [0.1, 0.15) is 17.4 Å². The van der Waals surface area contributed by atoms with Gasteiger partial charge in [0.25, 0.3) is 0 Å². The van der Waals surface area contributed by atoms with Crippen LogP contribution in [0.15, 0.2) is 22.7 Å². The molecule has 0 N–H and O–H groups in total. The Hall–Kier alpha value is -2.08. The molecule has 19 heavy (non-hydrogen) atoms. The normalized spacial score (nSPS) is 19.6. The van der Waals surface area contributed by atoms with Crippen molar-refractivity contribution in [3.05, 3.63) is 29.8 Å². The molecule has 1 atom stereocenters. The maximum atomic E-state index is 11.8. The summed E-state index contributed by atoms with van der Waals surface area (Å²) in [5.74, 6) is 0.346. The summed E-state index contributed by atoms with van der Waals surface area (Å²) >= 11 is 0. The summed E-state index contributed by atoms with van der Waals surface area (Å²) in [6, 6.07) is 5.58. The predicted molar refractivity (Wildman–Crippen MR) is 65.5 cm³/mol. The minimum absolute atomic E-state index is 0.0821. The van der Waals surface area contributed by atoms with E-state index in [4.69, 9.17) is 9.26 Å². The van der Waals surface area contributed by atoms with E-state index in [0.717, 1.165) is 5.69 Å². The van der Waals surface area contributed by atoms with Crippen LogP contribution in [0.5, 0.6) is 0 Å². The molecule has 6 heteroatoms. The molecule has 0 radical (unpaired) electrons. The van der Waals surface area contributed by atoms with Crippen LogP contribution in [0.4, 0.5) is 0 Å². The van der Waals surface area contributed by atoms with Crippen molar-refractivity contribution in [1.82, 2.24) is 15.1 Å². The fraction of sp³-hybridized carbons (Fsp3) is 0.385. The van der Waals surface area contributed by atoms with Gasteiger partial charge in [-0.25, -0.2) is 4.98 Å². The van der Waals surface area contributed by atoms with Gasteiger partial charge in [0.2, 0.25) is 11.7 Å². The monoisotopic (exact) mass is 259 g/mol. The smallest absolute Gasteiger partial charge is 0.239 e. The van der Waals surface area contributed by atoms with Gasteiger partial charge in [0, 0.05) is 12.1 Å². The Bertz CT molecular complexity index is 609. The average molecular weight is 259 g/mol. The highest BCUT2D eigenvalue weighted by molar-refractivity contribution is 5.85. The number of carbonyl (C=O) groups is 1. The van der Waals surface area contributed by atoms with Crippen molar-refractivity contribution in [3.63, 3.8) is 0 Å². The summed E-state index contributed by atoms with van der Waals surface area (Å²) in [5.41, 5.74) is 1.51. The van der Waals surface area contributed by atoms with Gasteiger partial charge in [0.05, 0.1) is 13.2 Å². The molecule has 0 spiro atoms. The first-order valence-electron chi connectivity index (χ1n) is 6.12. The topological polar surface area (TPSA) is 78.1 Å². The van der Waals surface area contributed by atoms with Crippen molar-refractivity contribution < 1.29 is 14.1 Å². The van der Waals surface area contributed by atoms with Gasteiger partial charge in [0.15, 0.2) is 0 Å². The van der Waals surface area contributed by atoms with E-state index in [-0.39, 0.29) is 5.78 Å². The molecule has 1 unspecified atom stereocenters. The van der Waals surface area contributed by atoms with Crippen LogP contribution < -0.4 is 0 Å². The summed E-state index contributed by atoms with van der Waals surface area (Å²) in [6.45, 7) is 2.67. The van der Waals surface area contributed by atoms with E-state index in [9.17, 15) is 4.79 Å². The summed E-state index contributed by atoms with van der Waals surface area (Å²) in [5, 5.41) is 3.88. The molecule has 1 saturated heterocycles. The Morgan fingerprint density at radius 1 is 1.32 bits per heavy atom. The molecule has 3 heterocycles. The van der Waals surface area contributed by atoms with Crippen LogP contribution >= 0.6 is 0 Å². The van der Waals surface area contributed by atoms with Gasteiger partial charge in [-0.2, -0.15) is 4.98 Å². The number of carbonyl (C=O) groups excluding carboxylic acids is 1. The zero-order valence-electron chi connectivity index (χ0n) is 10.5. The van der Waals surface area contributed by atoms with Crippen LogP contribution in [0.1, 0.15) is 23.9 Å². The molecule has 1 aliphatic rings. The fourth-order valence-corrected chi connectivity index (χ4v) is 2.00. The highest BCUT2D eigenvalue weighted by Gasteiger charge is 2.30. The zero-order valence-corrected chi connectivity index (χ0v) is 10.5. The van der Waals surface area contributed by atoms with Gasteiger partial charge < -0.3 is 9.26 Å². The number of ether oxygens (including phenoxy) is 1. The number of aromatic nitrogens is 3. The quantitative estimate of drug-likeness (QED) is 0.813. The van der Waals surface area contributed by atoms with Crippen molar-refractivity contribution in [2.45, 2.75) is 19.3 Å². The number of aryl methyl sites for hydroxylation is 1. The summed E-state index contributed by atoms with van der Waals surface area (Å²) in [7, 11) is 0. The lowest BCUT2D eigenvalue weighted by Gasteiger charge is -2.16. The van der Waals surface area contributed by atoms with Gasteiger partial charge in [-0.15, -0.1) is 0 Å². The maximum Gasteiger partial charge on any atom is 0.239 e. The number of nitrogens with zero attached hydrogens (tertiary/aromatic N) is 3. The first-order valence-corrected chi connectivity index (χ1v) is 6.12. The second-order valence-corrected chi connectivity index (χ2v) is 4.46. The molecule has 0 saturated carbocycles. The average Bonchev–Trinajstić information content (AvgIpc) is 2.89. The Morgan fingerprint density at radius 3 is 3.00 bits per heavy atom. The molecule has 2 aromatic heterocycles. The minimum Gasteiger partial charge on any atom is -0.380 e. The molecule has 0 aliphatic carbocycles. The van der Waals surface area contributed by atoms with E-state index in [1.54, 1.807) is 6.07 Å². The fourth-order valence-electron chi connectivity index (χ4n) is 2.00. The molecule has 6 nitrogen and oxygen atoms in total. The van der Waals surface area contributed by atoms with Crippen molar-refractivity contribution in [2.75, 3.05) is 13.2 Å². The van der Waals surface area contributed by atoms with E-state index >= 15 is 0 Å². The highest BCUT2D eigenvalue weighted by Crippen LogP contribution is 2.23. The summed E-state index contributed by atoms with van der Waals surface area (Å²) in [6.07, 6.45) is 0.394. The lowest BCUT2D eigenvalue weighted by atomic mass is 10.0. The van der Waals surface area contributed by atoms with Gasteiger partial charge in [-0.05, 0) is 19.1 Å². The van der Waals surface area contributed by atoms with E-state index < -0.39 is 5.92 Å². The highest BCUT2D eigenvalue weighted by atomic mass is 16.5. The largest absolute Gasteiger partial charge is 0.380 e. The minimum atomic E-state index is -0.445. The third-order valence-electron chi connectivity index (χ3n) is 3.02. The number of ketones is 1. The summed E-state index contributed by atoms with van der Waals surface area (Å²) in [4.78, 5) is 20.3. The molecule has 0 aromatic carbocycles. The molecule has 2 aromatic rings. The lowest BCUT2D eigenvalue weighted by Crippen LogP contribution is -2.25. The lowest BCUT2D eigenvalue weighted by molar-refractivity contribution is -0.127. The number of hydrogen-bond acceptors (Lipinski definition) is 6. The van der Waals surface area contributed by atoms with Gasteiger partial charge in [-0.1, -0.05) is 11.2 Å². The van der Waals surface area contributed by atoms with Crippen LogP contribution in [0.2, 0.25) is 0 Å². The molecule has 3 rings (SSSR count). The molecular formula is C13H13N3O3. The van der Waals surface area contributed by atoms with E-state index in [1.807, 2.05) is 19.1 Å². The maximum absolute atomic E-state index is 11.8. The Balaban J connectivity index is 1.89. The van der Waals surface area contributed by atoms with Crippen LogP contribution in [0, 0.1) is 6.92 Å². The Labute approximate surface area is 109 Å². The molecule has 0 amide bonds. The third-order valence-corrected chi connectivity index (χ3v) is 3.02.